The maximum absolute atomic E-state index is 12.2. The van der Waals surface area contributed by atoms with Crippen LogP contribution in [-0.4, -0.2) is 19.4 Å². The molecule has 1 aliphatic carbocycles. The fourth-order valence-electron chi connectivity index (χ4n) is 1.61. The minimum atomic E-state index is -4.16. The Morgan fingerprint density at radius 2 is 2.08 bits per heavy atom. The van der Waals surface area contributed by atoms with Crippen molar-refractivity contribution in [3.8, 4) is 0 Å². The molecule has 0 aromatic rings. The normalized spacial score (nSPS) is 30.1. The Kier molecular flexibility index (Phi) is 3.01. The Balaban J connectivity index is 2.69. The first kappa shape index (κ1) is 10.6. The lowest BCUT2D eigenvalue weighted by Crippen LogP contribution is -2.27. The summed E-state index contributed by atoms with van der Waals surface area (Å²) in [6, 6.07) is 0. The second-order valence-corrected chi connectivity index (χ2v) is 3.42. The van der Waals surface area contributed by atoms with Crippen LogP contribution in [0, 0.1) is 5.92 Å². The summed E-state index contributed by atoms with van der Waals surface area (Å²) in [4.78, 5) is 0. The number of methoxy groups -OCH3 is 1. The first-order valence-electron chi connectivity index (χ1n) is 4.24. The van der Waals surface area contributed by atoms with Crippen LogP contribution in [0.15, 0.2) is 11.6 Å². The number of alkyl halides is 3. The van der Waals surface area contributed by atoms with Crippen molar-refractivity contribution in [2.75, 3.05) is 7.11 Å². The minimum Gasteiger partial charge on any atom is -0.381 e. The topological polar surface area (TPSA) is 9.23 Å². The molecule has 0 saturated carbocycles. The van der Waals surface area contributed by atoms with Gasteiger partial charge in [0.2, 0.25) is 0 Å². The molecular formula is C9H13F3O. The van der Waals surface area contributed by atoms with Gasteiger partial charge in [-0.15, -0.1) is 0 Å². The highest BCUT2D eigenvalue weighted by atomic mass is 19.4. The Bertz CT molecular complexity index is 207. The van der Waals surface area contributed by atoms with E-state index in [1.54, 1.807) is 6.92 Å². The number of hydrogen-bond donors (Lipinski definition) is 0. The van der Waals surface area contributed by atoms with Gasteiger partial charge in [-0.1, -0.05) is 13.0 Å². The van der Waals surface area contributed by atoms with E-state index >= 15 is 0 Å². The molecule has 1 nitrogen and oxygen atoms in total. The van der Waals surface area contributed by atoms with Gasteiger partial charge in [0, 0.05) is 12.7 Å². The van der Waals surface area contributed by atoms with Gasteiger partial charge in [-0.05, 0) is 18.8 Å². The highest BCUT2D eigenvalue weighted by Gasteiger charge is 2.37. The first-order valence-corrected chi connectivity index (χ1v) is 4.24. The predicted octanol–water partition coefficient (Wildman–Crippen LogP) is 2.92. The molecule has 0 N–H and O–H groups in total. The molecule has 2 unspecified atom stereocenters. The van der Waals surface area contributed by atoms with Crippen molar-refractivity contribution < 1.29 is 17.9 Å². The first-order chi connectivity index (χ1) is 5.95. The number of ether oxygens (including phenoxy) is 1. The molecule has 0 aromatic carbocycles. The maximum atomic E-state index is 12.2. The van der Waals surface area contributed by atoms with Crippen LogP contribution >= 0.6 is 0 Å². The fourth-order valence-corrected chi connectivity index (χ4v) is 1.61. The number of rotatable bonds is 1. The van der Waals surface area contributed by atoms with Gasteiger partial charge in [-0.2, -0.15) is 13.2 Å². The summed E-state index contributed by atoms with van der Waals surface area (Å²) in [5, 5.41) is 0. The van der Waals surface area contributed by atoms with Crippen molar-refractivity contribution in [1.82, 2.24) is 0 Å². The number of allylic oxidation sites excluding steroid dienone is 1. The van der Waals surface area contributed by atoms with Gasteiger partial charge in [-0.3, -0.25) is 0 Å². The molecule has 0 spiro atoms. The van der Waals surface area contributed by atoms with E-state index in [-0.39, 0.29) is 18.4 Å². The second-order valence-electron chi connectivity index (χ2n) is 3.42. The maximum Gasteiger partial charge on any atom is 0.412 e. The summed E-state index contributed by atoms with van der Waals surface area (Å²) < 4.78 is 41.8. The molecule has 1 rings (SSSR count). The molecule has 76 valence electrons. The Morgan fingerprint density at radius 1 is 1.46 bits per heavy atom. The van der Waals surface area contributed by atoms with E-state index < -0.39 is 11.7 Å². The van der Waals surface area contributed by atoms with Gasteiger partial charge >= 0.3 is 6.18 Å². The summed E-state index contributed by atoms with van der Waals surface area (Å²) in [5.41, 5.74) is -0.409. The lowest BCUT2D eigenvalue weighted by Gasteiger charge is -2.28. The van der Waals surface area contributed by atoms with E-state index in [4.69, 9.17) is 4.74 Å². The van der Waals surface area contributed by atoms with Crippen LogP contribution in [0.4, 0.5) is 13.2 Å². The zero-order valence-corrected chi connectivity index (χ0v) is 7.69. The molecule has 0 bridgehead atoms. The largest absolute Gasteiger partial charge is 0.412 e. The smallest absolute Gasteiger partial charge is 0.381 e. The molecule has 0 aromatic heterocycles. The summed E-state index contributed by atoms with van der Waals surface area (Å²) in [6.45, 7) is 1.78. The molecule has 0 amide bonds. The third kappa shape index (κ3) is 2.46. The molecule has 2 atom stereocenters. The molecule has 1 aliphatic rings. The van der Waals surface area contributed by atoms with Crippen molar-refractivity contribution in [3.05, 3.63) is 11.6 Å². The quantitative estimate of drug-likeness (QED) is 0.583. The van der Waals surface area contributed by atoms with Crippen LogP contribution in [0.3, 0.4) is 0 Å². The van der Waals surface area contributed by atoms with Crippen molar-refractivity contribution in [2.24, 2.45) is 5.92 Å². The highest BCUT2D eigenvalue weighted by molar-refractivity contribution is 5.14. The van der Waals surface area contributed by atoms with E-state index in [1.165, 1.54) is 13.2 Å². The average molecular weight is 194 g/mol. The van der Waals surface area contributed by atoms with Crippen LogP contribution in [0.1, 0.15) is 19.8 Å². The predicted molar refractivity (Wildman–Crippen MR) is 43.3 cm³/mol. The molecule has 4 heteroatoms. The monoisotopic (exact) mass is 194 g/mol. The second kappa shape index (κ2) is 3.70. The van der Waals surface area contributed by atoms with E-state index in [0.717, 1.165) is 0 Å². The third-order valence-corrected chi connectivity index (χ3v) is 2.44. The minimum absolute atomic E-state index is 0.0494. The van der Waals surface area contributed by atoms with E-state index in [9.17, 15) is 13.2 Å². The van der Waals surface area contributed by atoms with Gasteiger partial charge in [0.05, 0.1) is 6.10 Å². The molecule has 0 heterocycles. The number of hydrogen-bond acceptors (Lipinski definition) is 1. The van der Waals surface area contributed by atoms with E-state index in [1.807, 2.05) is 0 Å². The molecule has 0 radical (unpaired) electrons. The van der Waals surface area contributed by atoms with Crippen molar-refractivity contribution >= 4 is 0 Å². The van der Waals surface area contributed by atoms with Gasteiger partial charge < -0.3 is 4.74 Å². The lowest BCUT2D eigenvalue weighted by atomic mass is 9.87. The van der Waals surface area contributed by atoms with Gasteiger partial charge in [0.1, 0.15) is 0 Å². The summed E-state index contributed by atoms with van der Waals surface area (Å²) >= 11 is 0. The van der Waals surface area contributed by atoms with Crippen LogP contribution < -0.4 is 0 Å². The van der Waals surface area contributed by atoms with Gasteiger partial charge in [-0.25, -0.2) is 0 Å². The zero-order valence-electron chi connectivity index (χ0n) is 7.69. The third-order valence-electron chi connectivity index (χ3n) is 2.44. The van der Waals surface area contributed by atoms with Crippen molar-refractivity contribution in [2.45, 2.75) is 32.0 Å². The van der Waals surface area contributed by atoms with Crippen LogP contribution in [0.5, 0.6) is 0 Å². The molecule has 13 heavy (non-hydrogen) atoms. The van der Waals surface area contributed by atoms with Crippen LogP contribution in [-0.2, 0) is 4.74 Å². The molecule has 0 aliphatic heterocycles. The standard InChI is InChI=1S/C9H13F3O/c1-6-5-7(9(10,11)12)3-4-8(6)13-2/h3,6,8H,4-5H2,1-2H3. The average Bonchev–Trinajstić information content (AvgIpc) is 2.02. The molecule has 0 fully saturated rings. The molecule has 0 saturated heterocycles. The van der Waals surface area contributed by atoms with Crippen molar-refractivity contribution in [3.63, 3.8) is 0 Å². The number of halogens is 3. The zero-order chi connectivity index (χ0) is 10.1. The van der Waals surface area contributed by atoms with E-state index in [0.29, 0.717) is 6.42 Å². The Morgan fingerprint density at radius 3 is 2.46 bits per heavy atom. The van der Waals surface area contributed by atoms with Crippen molar-refractivity contribution in [1.29, 1.82) is 0 Å². The van der Waals surface area contributed by atoms with Crippen LogP contribution in [0.25, 0.3) is 0 Å². The summed E-state index contributed by atoms with van der Waals surface area (Å²) in [7, 11) is 1.54. The Hall–Kier alpha value is -0.510. The lowest BCUT2D eigenvalue weighted by molar-refractivity contribution is -0.0994. The van der Waals surface area contributed by atoms with Gasteiger partial charge in [0.25, 0.3) is 0 Å². The van der Waals surface area contributed by atoms with Gasteiger partial charge in [0.15, 0.2) is 0 Å². The molecular weight excluding hydrogens is 181 g/mol. The fraction of sp³-hybridized carbons (Fsp3) is 0.778. The summed E-state index contributed by atoms with van der Waals surface area (Å²) in [6.07, 6.45) is -2.54. The van der Waals surface area contributed by atoms with Crippen LogP contribution in [0.2, 0.25) is 0 Å². The summed E-state index contributed by atoms with van der Waals surface area (Å²) in [5.74, 6) is -0.0494. The highest BCUT2D eigenvalue weighted by Crippen LogP contribution is 2.36. The Labute approximate surface area is 75.6 Å². The SMILES string of the molecule is COC1CC=C(C(F)(F)F)CC1C. The van der Waals surface area contributed by atoms with E-state index in [2.05, 4.69) is 0 Å².